The van der Waals surface area contributed by atoms with Crippen molar-refractivity contribution in [3.63, 3.8) is 0 Å². The summed E-state index contributed by atoms with van der Waals surface area (Å²) in [7, 11) is 0. The summed E-state index contributed by atoms with van der Waals surface area (Å²) < 4.78 is 2.53. The van der Waals surface area contributed by atoms with Crippen molar-refractivity contribution in [3.05, 3.63) is 167 Å². The number of fused-ring (bicyclic) bond motifs is 3. The summed E-state index contributed by atoms with van der Waals surface area (Å²) in [6.07, 6.45) is 30.6. The number of benzene rings is 3. The summed E-state index contributed by atoms with van der Waals surface area (Å²) in [4.78, 5) is 10.8. The molecular formula is C47H40N4. The molecule has 3 aromatic carbocycles. The molecule has 0 saturated heterocycles. The summed E-state index contributed by atoms with van der Waals surface area (Å²) in [6.45, 7) is 0. The minimum Gasteiger partial charge on any atom is -0.337 e. The smallest absolute Gasteiger partial charge is 0.136 e. The van der Waals surface area contributed by atoms with E-state index < -0.39 is 0 Å². The van der Waals surface area contributed by atoms with Crippen LogP contribution >= 0.6 is 0 Å². The van der Waals surface area contributed by atoms with Gasteiger partial charge in [0.15, 0.2) is 0 Å². The van der Waals surface area contributed by atoms with Crippen molar-refractivity contribution in [2.24, 2.45) is 5.92 Å². The Morgan fingerprint density at radius 2 is 1.47 bits per heavy atom. The summed E-state index contributed by atoms with van der Waals surface area (Å²) in [5.41, 5.74) is 12.6. The zero-order valence-electron chi connectivity index (χ0n) is 28.7. The third-order valence-corrected chi connectivity index (χ3v) is 11.0. The topological polar surface area (TPSA) is 54.5 Å². The van der Waals surface area contributed by atoms with Crippen molar-refractivity contribution in [2.75, 3.05) is 0 Å². The maximum absolute atomic E-state index is 9.56. The predicted octanol–water partition coefficient (Wildman–Crippen LogP) is 11.5. The Morgan fingerprint density at radius 1 is 0.706 bits per heavy atom. The second kappa shape index (κ2) is 13.5. The fourth-order valence-corrected chi connectivity index (χ4v) is 8.43. The number of nitrogens with zero attached hydrogens (tertiary/aromatic N) is 4. The lowest BCUT2D eigenvalue weighted by molar-refractivity contribution is 0.541. The molecule has 51 heavy (non-hydrogen) atoms. The van der Waals surface area contributed by atoms with Crippen LogP contribution in [-0.2, 0) is 6.42 Å². The standard InChI is InChI=1S/C47H40N4/c48-31-32-20-29-43-41(30-32)40-18-10-11-19-42(40)51(43)39-27-25-34(26-28-39)33-21-23-38(24-22-33)47-49-45(36-14-6-2-7-15-36)44(35-12-4-1-5-13-35)46(50-47)37-16-8-3-9-17-37/h1-2,4-8,10,12-18,20-21,23,25-27,29-30,33,38-39H,3,9,11,19,22,24,28H2. The van der Waals surface area contributed by atoms with Crippen LogP contribution in [0.3, 0.4) is 0 Å². The molecule has 4 aliphatic rings. The molecule has 2 aromatic heterocycles. The quantitative estimate of drug-likeness (QED) is 0.170. The molecule has 5 aromatic rings. The molecule has 0 amide bonds. The summed E-state index contributed by atoms with van der Waals surface area (Å²) in [5, 5.41) is 10.8. The second-order valence-electron chi connectivity index (χ2n) is 14.1. The van der Waals surface area contributed by atoms with Gasteiger partial charge in [-0.15, -0.1) is 0 Å². The molecule has 0 spiro atoms. The Bertz CT molecular complexity index is 2360. The van der Waals surface area contributed by atoms with E-state index in [0.717, 1.165) is 84.4 Å². The Balaban J connectivity index is 1.02. The van der Waals surface area contributed by atoms with Gasteiger partial charge in [-0.1, -0.05) is 121 Å². The van der Waals surface area contributed by atoms with Crippen LogP contribution in [-0.4, -0.2) is 14.5 Å². The van der Waals surface area contributed by atoms with E-state index >= 15 is 0 Å². The van der Waals surface area contributed by atoms with Crippen LogP contribution in [0.1, 0.15) is 78.8 Å². The molecule has 2 heterocycles. The molecule has 0 saturated carbocycles. The van der Waals surface area contributed by atoms with Crippen molar-refractivity contribution < 1.29 is 0 Å². The van der Waals surface area contributed by atoms with Crippen molar-refractivity contribution >= 4 is 22.6 Å². The van der Waals surface area contributed by atoms with Crippen LogP contribution in [0, 0.1) is 17.2 Å². The first-order valence-corrected chi connectivity index (χ1v) is 18.4. The molecule has 9 rings (SSSR count). The maximum Gasteiger partial charge on any atom is 0.136 e. The van der Waals surface area contributed by atoms with Gasteiger partial charge in [-0.2, -0.15) is 5.26 Å². The molecule has 248 valence electrons. The number of aromatic nitrogens is 3. The van der Waals surface area contributed by atoms with E-state index in [0.29, 0.717) is 5.92 Å². The zero-order valence-corrected chi connectivity index (χ0v) is 28.7. The maximum atomic E-state index is 9.56. The molecule has 0 N–H and O–H groups in total. The van der Waals surface area contributed by atoms with Crippen LogP contribution in [0.5, 0.6) is 0 Å². The summed E-state index contributed by atoms with van der Waals surface area (Å²) in [5.74, 6) is 1.45. The van der Waals surface area contributed by atoms with Crippen LogP contribution in [0.15, 0.2) is 139 Å². The Labute approximate surface area is 300 Å². The monoisotopic (exact) mass is 660 g/mol. The fourth-order valence-electron chi connectivity index (χ4n) is 8.43. The third-order valence-electron chi connectivity index (χ3n) is 11.0. The van der Waals surface area contributed by atoms with Crippen LogP contribution in [0.2, 0.25) is 0 Å². The highest BCUT2D eigenvalue weighted by molar-refractivity contribution is 5.93. The van der Waals surface area contributed by atoms with E-state index in [2.05, 4.69) is 144 Å². The van der Waals surface area contributed by atoms with E-state index in [1.54, 1.807) is 0 Å². The van der Waals surface area contributed by atoms with Crippen molar-refractivity contribution in [2.45, 2.75) is 56.9 Å². The molecule has 4 aliphatic carbocycles. The zero-order chi connectivity index (χ0) is 34.1. The average molecular weight is 661 g/mol. The molecule has 4 heteroatoms. The molecule has 3 atom stereocenters. The fraction of sp³-hybridized carbons (Fsp3) is 0.213. The lowest BCUT2D eigenvalue weighted by atomic mass is 9.81. The molecule has 3 unspecified atom stereocenters. The Hall–Kier alpha value is -5.79. The lowest BCUT2D eigenvalue weighted by Gasteiger charge is -2.28. The minimum absolute atomic E-state index is 0.158. The van der Waals surface area contributed by atoms with Gasteiger partial charge in [0.1, 0.15) is 5.82 Å². The number of nitriles is 1. The van der Waals surface area contributed by atoms with Gasteiger partial charge in [-0.25, -0.2) is 9.97 Å². The van der Waals surface area contributed by atoms with Crippen molar-refractivity contribution in [3.8, 4) is 28.5 Å². The first kappa shape index (κ1) is 31.2. The molecule has 0 aliphatic heterocycles. The van der Waals surface area contributed by atoms with Gasteiger partial charge >= 0.3 is 0 Å². The van der Waals surface area contributed by atoms with Crippen LogP contribution in [0.4, 0.5) is 0 Å². The van der Waals surface area contributed by atoms with E-state index in [-0.39, 0.29) is 12.0 Å². The normalized spacial score (nSPS) is 20.9. The van der Waals surface area contributed by atoms with Gasteiger partial charge in [-0.3, -0.25) is 0 Å². The van der Waals surface area contributed by atoms with Crippen molar-refractivity contribution in [1.82, 2.24) is 14.5 Å². The highest BCUT2D eigenvalue weighted by atomic mass is 15.0. The number of allylic oxidation sites excluding steroid dienone is 11. The summed E-state index contributed by atoms with van der Waals surface area (Å²) in [6, 6.07) is 30.0. The minimum atomic E-state index is 0.158. The van der Waals surface area contributed by atoms with E-state index in [4.69, 9.17) is 9.97 Å². The number of rotatable bonds is 6. The SMILES string of the molecule is N#Cc1ccc2c(c1)c1c(n2C2C=CC(C3C=CC(c4nc(C5=CCCC=C5)c(-c5ccccc5)c(-c5ccccc5)n4)CC3)=CC2)CCC=C1. The predicted molar refractivity (Wildman–Crippen MR) is 209 cm³/mol. The first-order valence-electron chi connectivity index (χ1n) is 18.4. The number of hydrogen-bond acceptors (Lipinski definition) is 3. The Kier molecular flexibility index (Phi) is 8.26. The number of hydrogen-bond donors (Lipinski definition) is 0. The van der Waals surface area contributed by atoms with Gasteiger partial charge in [0.05, 0.1) is 29.1 Å². The Morgan fingerprint density at radius 3 is 2.20 bits per heavy atom. The highest BCUT2D eigenvalue weighted by Crippen LogP contribution is 2.42. The molecule has 0 radical (unpaired) electrons. The molecule has 0 fully saturated rings. The lowest BCUT2D eigenvalue weighted by Crippen LogP contribution is -2.16. The van der Waals surface area contributed by atoms with Crippen LogP contribution in [0.25, 0.3) is 44.9 Å². The molecule has 0 bridgehead atoms. The van der Waals surface area contributed by atoms with Crippen LogP contribution < -0.4 is 0 Å². The molecule has 4 nitrogen and oxygen atoms in total. The van der Waals surface area contributed by atoms with Gasteiger partial charge in [0, 0.05) is 45.1 Å². The van der Waals surface area contributed by atoms with Gasteiger partial charge in [0.25, 0.3) is 0 Å². The second-order valence-corrected chi connectivity index (χ2v) is 14.1. The van der Waals surface area contributed by atoms with E-state index in [1.165, 1.54) is 33.3 Å². The average Bonchev–Trinajstić information content (AvgIpc) is 3.55. The van der Waals surface area contributed by atoms with E-state index in [9.17, 15) is 5.26 Å². The van der Waals surface area contributed by atoms with Crippen molar-refractivity contribution in [1.29, 1.82) is 5.26 Å². The van der Waals surface area contributed by atoms with Gasteiger partial charge in [-0.05, 0) is 79.9 Å². The van der Waals surface area contributed by atoms with Gasteiger partial charge in [0.2, 0.25) is 0 Å². The van der Waals surface area contributed by atoms with E-state index in [1.807, 2.05) is 6.07 Å². The largest absolute Gasteiger partial charge is 0.337 e. The molecular weight excluding hydrogens is 621 g/mol. The highest BCUT2D eigenvalue weighted by Gasteiger charge is 2.28. The third kappa shape index (κ3) is 5.83. The van der Waals surface area contributed by atoms with Gasteiger partial charge < -0.3 is 4.57 Å². The first-order chi connectivity index (χ1) is 25.2. The summed E-state index contributed by atoms with van der Waals surface area (Å²) >= 11 is 0.